The molecule has 5 nitrogen and oxygen atoms in total. The Balaban J connectivity index is 2.15. The van der Waals surface area contributed by atoms with E-state index in [0.717, 1.165) is 25.7 Å². The van der Waals surface area contributed by atoms with Gasteiger partial charge in [-0.15, -0.1) is 0 Å². The topological polar surface area (TPSA) is 66.5 Å². The highest BCUT2D eigenvalue weighted by Gasteiger charge is 2.27. The highest BCUT2D eigenvalue weighted by atomic mass is 32.2. The molecule has 0 bridgehead atoms. The van der Waals surface area contributed by atoms with Crippen molar-refractivity contribution in [1.82, 2.24) is 9.62 Å². The number of carbonyl (C=O) groups excluding carboxylic acids is 1. The minimum absolute atomic E-state index is 0.201. The standard InChI is InChI=1S/C15H22N2O3S/c1-2-3-9-16-15(18)13-7-6-8-14(12-13)21(19,20)17-10-4-5-11-17/h6-8,12H,2-5,9-11H2,1H3,(H,16,18). The summed E-state index contributed by atoms with van der Waals surface area (Å²) in [5.41, 5.74) is 0.395. The van der Waals surface area contributed by atoms with Gasteiger partial charge in [0.1, 0.15) is 0 Å². The molecule has 0 spiro atoms. The fraction of sp³-hybridized carbons (Fsp3) is 0.533. The van der Waals surface area contributed by atoms with E-state index in [0.29, 0.717) is 25.2 Å². The van der Waals surface area contributed by atoms with Gasteiger partial charge in [0, 0.05) is 25.2 Å². The van der Waals surface area contributed by atoms with Gasteiger partial charge in [-0.3, -0.25) is 4.79 Å². The minimum atomic E-state index is -3.47. The Morgan fingerprint density at radius 2 is 2.00 bits per heavy atom. The van der Waals surface area contributed by atoms with Crippen LogP contribution in [0.3, 0.4) is 0 Å². The molecule has 116 valence electrons. The Morgan fingerprint density at radius 1 is 1.29 bits per heavy atom. The van der Waals surface area contributed by atoms with Crippen molar-refractivity contribution in [2.24, 2.45) is 0 Å². The molecule has 1 heterocycles. The largest absolute Gasteiger partial charge is 0.352 e. The SMILES string of the molecule is CCCCNC(=O)c1cccc(S(=O)(=O)N2CCCC2)c1. The van der Waals surface area contributed by atoms with Crippen molar-refractivity contribution in [1.29, 1.82) is 0 Å². The number of nitrogens with one attached hydrogen (secondary N) is 1. The third-order valence-corrected chi connectivity index (χ3v) is 5.51. The number of carbonyl (C=O) groups is 1. The molecule has 1 aliphatic rings. The van der Waals surface area contributed by atoms with Gasteiger partial charge in [-0.1, -0.05) is 19.4 Å². The molecule has 1 aromatic rings. The lowest BCUT2D eigenvalue weighted by molar-refractivity contribution is 0.0953. The predicted octanol–water partition coefficient (Wildman–Crippen LogP) is 2.00. The maximum absolute atomic E-state index is 12.5. The second-order valence-corrected chi connectivity index (χ2v) is 7.19. The zero-order valence-electron chi connectivity index (χ0n) is 12.3. The lowest BCUT2D eigenvalue weighted by Crippen LogP contribution is -2.28. The van der Waals surface area contributed by atoms with Crippen molar-refractivity contribution in [3.8, 4) is 0 Å². The first-order valence-corrected chi connectivity index (χ1v) is 8.88. The predicted molar refractivity (Wildman–Crippen MR) is 81.7 cm³/mol. The average molecular weight is 310 g/mol. The third-order valence-electron chi connectivity index (χ3n) is 3.61. The van der Waals surface area contributed by atoms with Crippen molar-refractivity contribution >= 4 is 15.9 Å². The molecule has 1 saturated heterocycles. The zero-order chi connectivity index (χ0) is 15.3. The quantitative estimate of drug-likeness (QED) is 0.817. The molecule has 0 radical (unpaired) electrons. The molecule has 0 aliphatic carbocycles. The fourth-order valence-electron chi connectivity index (χ4n) is 2.36. The van der Waals surface area contributed by atoms with E-state index in [-0.39, 0.29) is 10.8 Å². The van der Waals surface area contributed by atoms with Crippen LogP contribution in [0.4, 0.5) is 0 Å². The van der Waals surface area contributed by atoms with E-state index >= 15 is 0 Å². The number of amides is 1. The van der Waals surface area contributed by atoms with Gasteiger partial charge in [0.25, 0.3) is 5.91 Å². The maximum atomic E-state index is 12.5. The molecule has 1 amide bonds. The second kappa shape index (κ2) is 7.04. The van der Waals surface area contributed by atoms with Crippen LogP contribution < -0.4 is 5.32 Å². The molecule has 0 aromatic heterocycles. The van der Waals surface area contributed by atoms with Gasteiger partial charge < -0.3 is 5.32 Å². The summed E-state index contributed by atoms with van der Waals surface area (Å²) in [6.07, 6.45) is 3.72. The van der Waals surface area contributed by atoms with Gasteiger partial charge in [0.2, 0.25) is 10.0 Å². The summed E-state index contributed by atoms with van der Waals surface area (Å²) in [6, 6.07) is 6.29. The van der Waals surface area contributed by atoms with Crippen LogP contribution >= 0.6 is 0 Å². The van der Waals surface area contributed by atoms with E-state index < -0.39 is 10.0 Å². The summed E-state index contributed by atoms with van der Waals surface area (Å²) >= 11 is 0. The van der Waals surface area contributed by atoms with E-state index in [1.807, 2.05) is 0 Å². The third kappa shape index (κ3) is 3.83. The molecule has 1 aliphatic heterocycles. The minimum Gasteiger partial charge on any atom is -0.352 e. The molecular formula is C15H22N2O3S. The number of hydrogen-bond donors (Lipinski definition) is 1. The number of hydrogen-bond acceptors (Lipinski definition) is 3. The van der Waals surface area contributed by atoms with Crippen molar-refractivity contribution < 1.29 is 13.2 Å². The van der Waals surface area contributed by atoms with Gasteiger partial charge in [0.05, 0.1) is 4.90 Å². The first-order valence-electron chi connectivity index (χ1n) is 7.44. The molecule has 6 heteroatoms. The van der Waals surface area contributed by atoms with Gasteiger partial charge in [0.15, 0.2) is 0 Å². The van der Waals surface area contributed by atoms with Crippen LogP contribution in [0.5, 0.6) is 0 Å². The highest BCUT2D eigenvalue weighted by Crippen LogP contribution is 2.21. The highest BCUT2D eigenvalue weighted by molar-refractivity contribution is 7.89. The van der Waals surface area contributed by atoms with Crippen LogP contribution in [-0.2, 0) is 10.0 Å². The van der Waals surface area contributed by atoms with Gasteiger partial charge >= 0.3 is 0 Å². The fourth-order valence-corrected chi connectivity index (χ4v) is 3.92. The number of nitrogens with zero attached hydrogens (tertiary/aromatic N) is 1. The lowest BCUT2D eigenvalue weighted by atomic mass is 10.2. The summed E-state index contributed by atoms with van der Waals surface area (Å²) in [7, 11) is -3.47. The van der Waals surface area contributed by atoms with Crippen molar-refractivity contribution in [2.45, 2.75) is 37.5 Å². The lowest BCUT2D eigenvalue weighted by Gasteiger charge is -2.16. The normalized spacial score (nSPS) is 16.0. The van der Waals surface area contributed by atoms with E-state index in [2.05, 4.69) is 12.2 Å². The second-order valence-electron chi connectivity index (χ2n) is 5.25. The summed E-state index contributed by atoms with van der Waals surface area (Å²) in [6.45, 7) is 3.79. The van der Waals surface area contributed by atoms with Crippen LogP contribution in [0.2, 0.25) is 0 Å². The van der Waals surface area contributed by atoms with Gasteiger partial charge in [-0.25, -0.2) is 8.42 Å². The number of unbranched alkanes of at least 4 members (excludes halogenated alkanes) is 1. The van der Waals surface area contributed by atoms with E-state index in [1.165, 1.54) is 10.4 Å². The molecule has 21 heavy (non-hydrogen) atoms. The molecule has 2 rings (SSSR count). The first kappa shape index (κ1) is 16.0. The smallest absolute Gasteiger partial charge is 0.251 e. The van der Waals surface area contributed by atoms with Crippen LogP contribution in [0.25, 0.3) is 0 Å². The van der Waals surface area contributed by atoms with Crippen LogP contribution in [-0.4, -0.2) is 38.3 Å². The molecule has 1 N–H and O–H groups in total. The molecule has 0 unspecified atom stereocenters. The molecule has 1 aromatic carbocycles. The van der Waals surface area contributed by atoms with Crippen molar-refractivity contribution in [2.75, 3.05) is 19.6 Å². The van der Waals surface area contributed by atoms with E-state index in [9.17, 15) is 13.2 Å². The van der Waals surface area contributed by atoms with E-state index in [4.69, 9.17) is 0 Å². The molecule has 1 fully saturated rings. The van der Waals surface area contributed by atoms with Crippen LogP contribution in [0.15, 0.2) is 29.2 Å². The Morgan fingerprint density at radius 3 is 2.67 bits per heavy atom. The summed E-state index contributed by atoms with van der Waals surface area (Å²) < 4.78 is 26.4. The van der Waals surface area contributed by atoms with E-state index in [1.54, 1.807) is 18.2 Å². The number of sulfonamides is 1. The number of rotatable bonds is 6. The summed E-state index contributed by atoms with van der Waals surface area (Å²) in [5.74, 6) is -0.220. The monoisotopic (exact) mass is 310 g/mol. The zero-order valence-corrected chi connectivity index (χ0v) is 13.2. The van der Waals surface area contributed by atoms with Gasteiger partial charge in [-0.2, -0.15) is 4.31 Å². The van der Waals surface area contributed by atoms with Crippen molar-refractivity contribution in [3.63, 3.8) is 0 Å². The Bertz CT molecular complexity index is 593. The van der Waals surface area contributed by atoms with Crippen LogP contribution in [0.1, 0.15) is 43.0 Å². The summed E-state index contributed by atoms with van der Waals surface area (Å²) in [5, 5.41) is 2.80. The summed E-state index contributed by atoms with van der Waals surface area (Å²) in [4.78, 5) is 12.2. The van der Waals surface area contributed by atoms with Gasteiger partial charge in [-0.05, 0) is 37.5 Å². The Hall–Kier alpha value is -1.40. The number of benzene rings is 1. The first-order chi connectivity index (χ1) is 10.1. The molecular weight excluding hydrogens is 288 g/mol. The van der Waals surface area contributed by atoms with Crippen molar-refractivity contribution in [3.05, 3.63) is 29.8 Å². The van der Waals surface area contributed by atoms with Crippen LogP contribution in [0, 0.1) is 0 Å². The maximum Gasteiger partial charge on any atom is 0.251 e. The molecule has 0 saturated carbocycles. The average Bonchev–Trinajstić information content (AvgIpc) is 3.02. The molecule has 0 atom stereocenters. The Kier molecular flexibility index (Phi) is 5.36. The Labute approximate surface area is 126 Å².